The van der Waals surface area contributed by atoms with Crippen LogP contribution in [0.1, 0.15) is 34.1 Å². The summed E-state index contributed by atoms with van der Waals surface area (Å²) in [4.78, 5) is 2.94. The predicted octanol–water partition coefficient (Wildman–Crippen LogP) is 2.03. The first-order valence-electron chi connectivity index (χ1n) is 4.86. The third-order valence-electron chi connectivity index (χ3n) is 2.80. The van der Waals surface area contributed by atoms with Crippen LogP contribution in [0.3, 0.4) is 0 Å². The van der Waals surface area contributed by atoms with Crippen LogP contribution in [0.25, 0.3) is 0 Å². The van der Waals surface area contributed by atoms with Gasteiger partial charge in [-0.2, -0.15) is 0 Å². The van der Waals surface area contributed by atoms with Gasteiger partial charge in [0.2, 0.25) is 0 Å². The van der Waals surface area contributed by atoms with Crippen molar-refractivity contribution in [3.63, 3.8) is 0 Å². The predicted molar refractivity (Wildman–Crippen MR) is 62.9 cm³/mol. The molecule has 2 atom stereocenters. The molecule has 0 aromatic carbocycles. The van der Waals surface area contributed by atoms with Crippen LogP contribution in [0.5, 0.6) is 0 Å². The summed E-state index contributed by atoms with van der Waals surface area (Å²) < 4.78 is 0. The Morgan fingerprint density at radius 1 is 1.31 bits per heavy atom. The van der Waals surface area contributed by atoms with Crippen molar-refractivity contribution < 1.29 is 0 Å². The summed E-state index contributed by atoms with van der Waals surface area (Å²) in [6.07, 6.45) is 0.808. The Morgan fingerprint density at radius 2 is 1.77 bits per heavy atom. The molecule has 78 valence electrons. The molecule has 0 saturated carbocycles. The minimum Gasteiger partial charge on any atom is -0.393 e. The fraction of sp³-hybridized carbons (Fsp3) is 0.900. The van der Waals surface area contributed by atoms with Gasteiger partial charge >= 0.3 is 0 Å². The molecule has 0 aliphatic rings. The normalized spacial score (nSPS) is 16.2. The number of hydrogen-bond donors (Lipinski definition) is 1. The molecule has 0 fully saturated rings. The van der Waals surface area contributed by atoms with Crippen molar-refractivity contribution in [3.8, 4) is 0 Å². The zero-order chi connectivity index (χ0) is 10.6. The molecule has 0 bridgehead atoms. The van der Waals surface area contributed by atoms with Gasteiger partial charge in [0.25, 0.3) is 0 Å². The van der Waals surface area contributed by atoms with Crippen LogP contribution in [0, 0.1) is 5.92 Å². The average molecular weight is 202 g/mol. The number of thiocarbonyl (C=S) groups is 1. The SMILES string of the molecule is CC(C)C(C)N(C)C(C)CC(N)=S. The van der Waals surface area contributed by atoms with Crippen LogP contribution >= 0.6 is 12.2 Å². The number of nitrogens with two attached hydrogens (primary N) is 1. The maximum atomic E-state index is 5.51. The van der Waals surface area contributed by atoms with Crippen LogP contribution in [-0.4, -0.2) is 29.0 Å². The van der Waals surface area contributed by atoms with Crippen LogP contribution < -0.4 is 5.73 Å². The molecule has 2 nitrogen and oxygen atoms in total. The van der Waals surface area contributed by atoms with E-state index in [0.717, 1.165) is 6.42 Å². The molecule has 2 N–H and O–H groups in total. The van der Waals surface area contributed by atoms with Crippen molar-refractivity contribution in [2.24, 2.45) is 11.7 Å². The van der Waals surface area contributed by atoms with E-state index in [2.05, 4.69) is 39.6 Å². The second-order valence-electron chi connectivity index (χ2n) is 4.17. The topological polar surface area (TPSA) is 29.3 Å². The lowest BCUT2D eigenvalue weighted by Gasteiger charge is -2.33. The first-order valence-corrected chi connectivity index (χ1v) is 5.27. The Labute approximate surface area is 87.5 Å². The van der Waals surface area contributed by atoms with Crippen LogP contribution in [0.15, 0.2) is 0 Å². The highest BCUT2D eigenvalue weighted by atomic mass is 32.1. The summed E-state index contributed by atoms with van der Waals surface area (Å²) in [5.41, 5.74) is 5.51. The zero-order valence-corrected chi connectivity index (χ0v) is 10.2. The zero-order valence-electron chi connectivity index (χ0n) is 9.37. The van der Waals surface area contributed by atoms with Crippen molar-refractivity contribution in [2.45, 2.75) is 46.2 Å². The minimum absolute atomic E-state index is 0.440. The third-order valence-corrected chi connectivity index (χ3v) is 2.97. The minimum atomic E-state index is 0.440. The Hall–Kier alpha value is -0.150. The van der Waals surface area contributed by atoms with Gasteiger partial charge in [0.05, 0.1) is 4.99 Å². The highest BCUT2D eigenvalue weighted by Gasteiger charge is 2.18. The Kier molecular flexibility index (Phi) is 5.49. The molecule has 0 aromatic heterocycles. The van der Waals surface area contributed by atoms with Crippen molar-refractivity contribution in [1.82, 2.24) is 4.90 Å². The number of rotatable bonds is 5. The maximum absolute atomic E-state index is 5.51. The molecule has 0 aliphatic heterocycles. The molecular formula is C10H22N2S. The quantitative estimate of drug-likeness (QED) is 0.692. The van der Waals surface area contributed by atoms with Gasteiger partial charge in [0.15, 0.2) is 0 Å². The average Bonchev–Trinajstić information content (AvgIpc) is 2.00. The van der Waals surface area contributed by atoms with Gasteiger partial charge in [-0.05, 0) is 26.8 Å². The van der Waals surface area contributed by atoms with Crippen molar-refractivity contribution >= 4 is 17.2 Å². The van der Waals surface area contributed by atoms with Gasteiger partial charge in [-0.3, -0.25) is 0 Å². The third kappa shape index (κ3) is 4.58. The number of nitrogens with zero attached hydrogens (tertiary/aromatic N) is 1. The van der Waals surface area contributed by atoms with Gasteiger partial charge in [-0.15, -0.1) is 0 Å². The van der Waals surface area contributed by atoms with E-state index in [9.17, 15) is 0 Å². The van der Waals surface area contributed by atoms with E-state index in [4.69, 9.17) is 18.0 Å². The molecule has 0 rings (SSSR count). The van der Waals surface area contributed by atoms with Gasteiger partial charge in [0, 0.05) is 18.5 Å². The Balaban J connectivity index is 4.08. The van der Waals surface area contributed by atoms with Crippen LogP contribution in [0.2, 0.25) is 0 Å². The second-order valence-corrected chi connectivity index (χ2v) is 4.69. The number of hydrogen-bond acceptors (Lipinski definition) is 2. The monoisotopic (exact) mass is 202 g/mol. The standard InChI is InChI=1S/C10H22N2S/c1-7(2)9(4)12(5)8(3)6-10(11)13/h7-9H,6H2,1-5H3,(H2,11,13). The summed E-state index contributed by atoms with van der Waals surface area (Å²) in [6, 6.07) is 1.01. The summed E-state index contributed by atoms with van der Waals surface area (Å²) in [5.74, 6) is 0.666. The van der Waals surface area contributed by atoms with Gasteiger partial charge in [0.1, 0.15) is 0 Å². The van der Waals surface area contributed by atoms with Crippen LogP contribution in [-0.2, 0) is 0 Å². The van der Waals surface area contributed by atoms with E-state index >= 15 is 0 Å². The molecule has 0 heterocycles. The fourth-order valence-electron chi connectivity index (χ4n) is 1.31. The van der Waals surface area contributed by atoms with E-state index in [1.165, 1.54) is 0 Å². The van der Waals surface area contributed by atoms with Gasteiger partial charge < -0.3 is 10.6 Å². The van der Waals surface area contributed by atoms with Gasteiger partial charge in [-0.25, -0.2) is 0 Å². The highest BCUT2D eigenvalue weighted by Crippen LogP contribution is 2.13. The molecule has 0 radical (unpaired) electrons. The van der Waals surface area contributed by atoms with Crippen molar-refractivity contribution in [2.75, 3.05) is 7.05 Å². The molecule has 0 aromatic rings. The van der Waals surface area contributed by atoms with E-state index in [1.807, 2.05) is 0 Å². The molecule has 0 saturated heterocycles. The van der Waals surface area contributed by atoms with Crippen molar-refractivity contribution in [1.29, 1.82) is 0 Å². The van der Waals surface area contributed by atoms with Gasteiger partial charge in [-0.1, -0.05) is 26.1 Å². The largest absolute Gasteiger partial charge is 0.393 e. The summed E-state index contributed by atoms with van der Waals surface area (Å²) in [7, 11) is 2.13. The lowest BCUT2D eigenvalue weighted by Crippen LogP contribution is -2.41. The first-order chi connectivity index (χ1) is 5.86. The molecule has 0 amide bonds. The molecule has 13 heavy (non-hydrogen) atoms. The first kappa shape index (κ1) is 12.8. The lowest BCUT2D eigenvalue weighted by atomic mass is 10.0. The molecule has 3 heteroatoms. The lowest BCUT2D eigenvalue weighted by molar-refractivity contribution is 0.161. The van der Waals surface area contributed by atoms with E-state index in [0.29, 0.717) is 23.0 Å². The van der Waals surface area contributed by atoms with Crippen molar-refractivity contribution in [3.05, 3.63) is 0 Å². The van der Waals surface area contributed by atoms with E-state index in [-0.39, 0.29) is 0 Å². The highest BCUT2D eigenvalue weighted by molar-refractivity contribution is 7.80. The van der Waals surface area contributed by atoms with E-state index < -0.39 is 0 Å². The maximum Gasteiger partial charge on any atom is 0.0742 e. The molecule has 2 unspecified atom stereocenters. The molecule has 0 spiro atoms. The smallest absolute Gasteiger partial charge is 0.0742 e. The summed E-state index contributed by atoms with van der Waals surface area (Å²) in [6.45, 7) is 8.86. The molecule has 0 aliphatic carbocycles. The summed E-state index contributed by atoms with van der Waals surface area (Å²) in [5, 5.41) is 0. The Morgan fingerprint density at radius 3 is 2.08 bits per heavy atom. The summed E-state index contributed by atoms with van der Waals surface area (Å²) >= 11 is 4.89. The Bertz CT molecular complexity index is 168. The van der Waals surface area contributed by atoms with E-state index in [1.54, 1.807) is 0 Å². The van der Waals surface area contributed by atoms with Crippen LogP contribution in [0.4, 0.5) is 0 Å². The fourth-order valence-corrected chi connectivity index (χ4v) is 1.55. The second kappa shape index (κ2) is 5.55. The molecular weight excluding hydrogens is 180 g/mol.